The molecule has 29 heavy (non-hydrogen) atoms. The zero-order valence-electron chi connectivity index (χ0n) is 15.4. The zero-order valence-corrected chi connectivity index (χ0v) is 15.4. The Hall–Kier alpha value is -2.46. The van der Waals surface area contributed by atoms with E-state index >= 15 is 0 Å². The number of carbonyl (C=O) groups is 1. The number of allylic oxidation sites excluding steroid dienone is 1. The lowest BCUT2D eigenvalue weighted by Crippen LogP contribution is -2.42. The molecule has 0 fully saturated rings. The predicted octanol–water partition coefficient (Wildman–Crippen LogP) is 5.11. The zero-order chi connectivity index (χ0) is 22.4. The number of nitrogens with one attached hydrogen (secondary N) is 1. The van der Waals surface area contributed by atoms with Gasteiger partial charge >= 0.3 is 12.4 Å². The second kappa shape index (κ2) is 7.10. The Labute approximate surface area is 160 Å². The lowest BCUT2D eigenvalue weighted by molar-refractivity contribution is -0.143. The van der Waals surface area contributed by atoms with E-state index in [1.807, 2.05) is 0 Å². The van der Waals surface area contributed by atoms with Crippen LogP contribution in [-0.2, 0) is 22.7 Å². The van der Waals surface area contributed by atoms with Crippen LogP contribution in [0.5, 0.6) is 0 Å². The van der Waals surface area contributed by atoms with Gasteiger partial charge in [0.15, 0.2) is 0 Å². The summed E-state index contributed by atoms with van der Waals surface area (Å²) in [6.45, 7) is 2.60. The van der Waals surface area contributed by atoms with Crippen molar-refractivity contribution in [3.63, 3.8) is 0 Å². The van der Waals surface area contributed by atoms with E-state index in [-0.39, 0.29) is 18.2 Å². The van der Waals surface area contributed by atoms with E-state index < -0.39 is 52.1 Å². The number of halogens is 8. The summed E-state index contributed by atoms with van der Waals surface area (Å²) in [7, 11) is 0. The van der Waals surface area contributed by atoms with Gasteiger partial charge in [0.25, 0.3) is 5.92 Å². The Kier molecular flexibility index (Phi) is 5.59. The Morgan fingerprint density at radius 2 is 1.31 bits per heavy atom. The lowest BCUT2D eigenvalue weighted by atomic mass is 9.90. The van der Waals surface area contributed by atoms with Crippen molar-refractivity contribution in [2.45, 2.75) is 44.6 Å². The molecule has 0 saturated heterocycles. The van der Waals surface area contributed by atoms with E-state index in [2.05, 4.69) is 10.3 Å². The molecule has 1 aliphatic heterocycles. The molecule has 1 aromatic carbocycles. The SMILES string of the molecule is CC(F)(F)C1=NCC(C(=O)NC(C)(C)c2cc(C(F)(F)F)cc(C(F)(F)F)c2)=C1. The molecule has 0 bridgehead atoms. The first-order valence-corrected chi connectivity index (χ1v) is 8.17. The summed E-state index contributed by atoms with van der Waals surface area (Å²) in [6, 6.07) is 0.978. The Bertz CT molecular complexity index is 841. The summed E-state index contributed by atoms with van der Waals surface area (Å²) < 4.78 is 105. The van der Waals surface area contributed by atoms with Crippen molar-refractivity contribution in [2.75, 3.05) is 6.54 Å². The molecule has 1 amide bonds. The van der Waals surface area contributed by atoms with Gasteiger partial charge in [-0.3, -0.25) is 9.79 Å². The molecule has 0 aromatic heterocycles. The highest BCUT2D eigenvalue weighted by molar-refractivity contribution is 6.10. The Morgan fingerprint density at radius 1 is 0.862 bits per heavy atom. The summed E-state index contributed by atoms with van der Waals surface area (Å²) >= 11 is 0. The maximum Gasteiger partial charge on any atom is 0.416 e. The average molecular weight is 428 g/mol. The van der Waals surface area contributed by atoms with Crippen molar-refractivity contribution in [1.29, 1.82) is 0 Å². The number of benzene rings is 1. The van der Waals surface area contributed by atoms with Gasteiger partial charge in [-0.25, -0.2) is 0 Å². The third-order valence-corrected chi connectivity index (χ3v) is 4.21. The second-order valence-corrected chi connectivity index (χ2v) is 7.13. The number of rotatable bonds is 4. The first kappa shape index (κ1) is 22.8. The van der Waals surface area contributed by atoms with Crippen LogP contribution in [0.3, 0.4) is 0 Å². The van der Waals surface area contributed by atoms with Gasteiger partial charge in [0.1, 0.15) is 5.71 Å². The highest BCUT2D eigenvalue weighted by Crippen LogP contribution is 2.38. The van der Waals surface area contributed by atoms with Gasteiger partial charge in [0, 0.05) is 12.5 Å². The molecular formula is C18H16F8N2O. The van der Waals surface area contributed by atoms with Crippen LogP contribution >= 0.6 is 0 Å². The van der Waals surface area contributed by atoms with E-state index in [0.29, 0.717) is 19.1 Å². The smallest absolute Gasteiger partial charge is 0.343 e. The molecule has 1 aliphatic rings. The fourth-order valence-electron chi connectivity index (χ4n) is 2.58. The van der Waals surface area contributed by atoms with Crippen molar-refractivity contribution in [3.8, 4) is 0 Å². The van der Waals surface area contributed by atoms with Crippen LogP contribution in [0.25, 0.3) is 0 Å². The second-order valence-electron chi connectivity index (χ2n) is 7.13. The predicted molar refractivity (Wildman–Crippen MR) is 88.6 cm³/mol. The molecule has 0 unspecified atom stereocenters. The van der Waals surface area contributed by atoms with Gasteiger partial charge in [-0.1, -0.05) is 0 Å². The number of aliphatic imine (C=N–C) groups is 1. The highest BCUT2D eigenvalue weighted by Gasteiger charge is 2.39. The number of hydrogen-bond donors (Lipinski definition) is 1. The van der Waals surface area contributed by atoms with Gasteiger partial charge < -0.3 is 5.32 Å². The minimum Gasteiger partial charge on any atom is -0.343 e. The van der Waals surface area contributed by atoms with Gasteiger partial charge in [-0.05, 0) is 43.7 Å². The number of carbonyl (C=O) groups excluding carboxylic acids is 1. The minimum atomic E-state index is -5.04. The van der Waals surface area contributed by atoms with E-state index in [1.165, 1.54) is 13.8 Å². The third-order valence-electron chi connectivity index (χ3n) is 4.21. The van der Waals surface area contributed by atoms with Gasteiger partial charge in [0.2, 0.25) is 5.91 Å². The first-order valence-electron chi connectivity index (χ1n) is 8.17. The van der Waals surface area contributed by atoms with Crippen molar-refractivity contribution < 1.29 is 39.9 Å². The summed E-state index contributed by atoms with van der Waals surface area (Å²) in [5, 5.41) is 2.28. The molecular weight excluding hydrogens is 412 g/mol. The molecule has 3 nitrogen and oxygen atoms in total. The highest BCUT2D eigenvalue weighted by atomic mass is 19.4. The first-order chi connectivity index (χ1) is 12.9. The molecule has 1 heterocycles. The number of nitrogens with zero attached hydrogens (tertiary/aromatic N) is 1. The van der Waals surface area contributed by atoms with Gasteiger partial charge in [-0.2, -0.15) is 35.1 Å². The molecule has 2 rings (SSSR count). The van der Waals surface area contributed by atoms with Crippen LogP contribution in [0.1, 0.15) is 37.5 Å². The fourth-order valence-corrected chi connectivity index (χ4v) is 2.58. The minimum absolute atomic E-state index is 0.0235. The molecule has 1 N–H and O–H groups in total. The number of hydrogen-bond acceptors (Lipinski definition) is 2. The number of amides is 1. The third kappa shape index (κ3) is 5.33. The fraction of sp³-hybridized carbons (Fsp3) is 0.444. The van der Waals surface area contributed by atoms with Crippen molar-refractivity contribution >= 4 is 11.6 Å². The van der Waals surface area contributed by atoms with Crippen LogP contribution in [0.4, 0.5) is 35.1 Å². The lowest BCUT2D eigenvalue weighted by Gasteiger charge is -2.29. The van der Waals surface area contributed by atoms with Crippen LogP contribution in [0, 0.1) is 0 Å². The standard InChI is InChI=1S/C18H16F8N2O/c1-15(2,28-14(29)9-4-13(27-8-9)16(3,19)20)10-5-11(17(21,22)23)7-12(6-10)18(24,25)26/h4-7H,8H2,1-3H3,(H,28,29). The average Bonchev–Trinajstić information content (AvgIpc) is 3.02. The normalized spacial score (nSPS) is 15.8. The van der Waals surface area contributed by atoms with Crippen molar-refractivity contribution in [2.24, 2.45) is 4.99 Å². The quantitative estimate of drug-likeness (QED) is 0.666. The molecule has 1 aromatic rings. The van der Waals surface area contributed by atoms with Crippen molar-refractivity contribution in [1.82, 2.24) is 5.32 Å². The van der Waals surface area contributed by atoms with Crippen LogP contribution in [0.2, 0.25) is 0 Å². The molecule has 160 valence electrons. The topological polar surface area (TPSA) is 41.5 Å². The van der Waals surface area contributed by atoms with Crippen LogP contribution in [0.15, 0.2) is 34.8 Å². The summed E-state index contributed by atoms with van der Waals surface area (Å²) in [5.74, 6) is -4.22. The van der Waals surface area contributed by atoms with E-state index in [4.69, 9.17) is 0 Å². The molecule has 11 heteroatoms. The van der Waals surface area contributed by atoms with E-state index in [9.17, 15) is 39.9 Å². The Morgan fingerprint density at radius 3 is 1.69 bits per heavy atom. The van der Waals surface area contributed by atoms with Crippen LogP contribution in [-0.4, -0.2) is 24.1 Å². The van der Waals surface area contributed by atoms with E-state index in [1.54, 1.807) is 0 Å². The summed E-state index contributed by atoms with van der Waals surface area (Å²) in [5.41, 5.74) is -6.00. The Balaban J connectivity index is 2.37. The monoisotopic (exact) mass is 428 g/mol. The molecule has 0 saturated carbocycles. The molecule has 0 radical (unpaired) electrons. The maximum absolute atomic E-state index is 13.3. The van der Waals surface area contributed by atoms with E-state index in [0.717, 1.165) is 6.08 Å². The molecule has 0 spiro atoms. The van der Waals surface area contributed by atoms with Crippen LogP contribution < -0.4 is 5.32 Å². The summed E-state index contributed by atoms with van der Waals surface area (Å²) in [6.07, 6.45) is -9.24. The maximum atomic E-state index is 13.3. The van der Waals surface area contributed by atoms with Crippen molar-refractivity contribution in [3.05, 3.63) is 46.5 Å². The largest absolute Gasteiger partial charge is 0.416 e. The molecule has 0 aliphatic carbocycles. The summed E-state index contributed by atoms with van der Waals surface area (Å²) in [4.78, 5) is 15.8. The van der Waals surface area contributed by atoms with Gasteiger partial charge in [0.05, 0.1) is 23.2 Å². The van der Waals surface area contributed by atoms with Gasteiger partial charge in [-0.15, -0.1) is 0 Å². The number of alkyl halides is 8. The molecule has 0 atom stereocenters.